The molecule has 0 aromatic carbocycles. The first kappa shape index (κ1) is 12.8. The Morgan fingerprint density at radius 1 is 0.667 bits per heavy atom. The molecule has 84 valence electrons. The highest BCUT2D eigenvalue weighted by Crippen LogP contribution is 2.01. The van der Waals surface area contributed by atoms with Gasteiger partial charge in [-0.15, -0.1) is 0 Å². The number of carboxylic acid groups (broad SMARTS) is 4. The molecular formula is C6H6O9. The molecule has 0 heterocycles. The topological polar surface area (TPSA) is 158 Å². The Labute approximate surface area is 81.5 Å². The van der Waals surface area contributed by atoms with E-state index < -0.39 is 36.1 Å². The van der Waals surface area contributed by atoms with Gasteiger partial charge in [-0.2, -0.15) is 0 Å². The fourth-order valence-electron chi connectivity index (χ4n) is 0.580. The predicted octanol–water partition coefficient (Wildman–Crippen LogP) is -1.92. The summed E-state index contributed by atoms with van der Waals surface area (Å²) >= 11 is 0. The lowest BCUT2D eigenvalue weighted by Crippen LogP contribution is -2.42. The van der Waals surface area contributed by atoms with Crippen LogP contribution >= 0.6 is 0 Å². The van der Waals surface area contributed by atoms with E-state index in [9.17, 15) is 19.2 Å². The third-order valence-corrected chi connectivity index (χ3v) is 1.17. The molecule has 0 radical (unpaired) electrons. The van der Waals surface area contributed by atoms with Gasteiger partial charge in [-0.1, -0.05) is 0 Å². The Morgan fingerprint density at radius 3 is 1.00 bits per heavy atom. The maximum absolute atomic E-state index is 10.2. The van der Waals surface area contributed by atoms with Crippen molar-refractivity contribution < 1.29 is 44.3 Å². The Balaban J connectivity index is 4.77. The number of hydrogen-bond donors (Lipinski definition) is 4. The lowest BCUT2D eigenvalue weighted by molar-refractivity contribution is -0.182. The summed E-state index contributed by atoms with van der Waals surface area (Å²) in [5.74, 6) is -7.96. The van der Waals surface area contributed by atoms with Crippen molar-refractivity contribution in [1.29, 1.82) is 0 Å². The lowest BCUT2D eigenvalue weighted by Gasteiger charge is -2.12. The van der Waals surface area contributed by atoms with Crippen LogP contribution in [-0.4, -0.2) is 56.5 Å². The van der Waals surface area contributed by atoms with E-state index in [0.717, 1.165) is 0 Å². The Kier molecular flexibility index (Phi) is 4.20. The second-order valence-electron chi connectivity index (χ2n) is 2.25. The normalized spacial score (nSPS) is 10.3. The van der Waals surface area contributed by atoms with Crippen LogP contribution in [0.1, 0.15) is 0 Å². The van der Waals surface area contributed by atoms with Gasteiger partial charge in [0.2, 0.25) is 0 Å². The van der Waals surface area contributed by atoms with Gasteiger partial charge in [-0.05, 0) is 0 Å². The number of carboxylic acids is 4. The fraction of sp³-hybridized carbons (Fsp3) is 0.333. The van der Waals surface area contributed by atoms with Gasteiger partial charge in [0.05, 0.1) is 0 Å². The molecule has 0 amide bonds. The van der Waals surface area contributed by atoms with E-state index >= 15 is 0 Å². The number of rotatable bonds is 6. The van der Waals surface area contributed by atoms with Gasteiger partial charge in [0.25, 0.3) is 12.2 Å². The van der Waals surface area contributed by atoms with Gasteiger partial charge in [-0.3, -0.25) is 0 Å². The zero-order chi connectivity index (χ0) is 12.2. The molecule has 0 atom stereocenters. The summed E-state index contributed by atoms with van der Waals surface area (Å²) in [6.45, 7) is 0. The zero-order valence-electron chi connectivity index (χ0n) is 6.98. The van der Waals surface area contributed by atoms with Crippen molar-refractivity contribution in [3.05, 3.63) is 0 Å². The molecule has 9 heteroatoms. The maximum atomic E-state index is 10.2. The van der Waals surface area contributed by atoms with Gasteiger partial charge < -0.3 is 25.2 Å². The number of ether oxygens (including phenoxy) is 1. The number of aliphatic carboxylic acids is 4. The Morgan fingerprint density at radius 2 is 0.867 bits per heavy atom. The molecule has 0 saturated carbocycles. The quantitative estimate of drug-likeness (QED) is 0.375. The molecule has 4 N–H and O–H groups in total. The lowest BCUT2D eigenvalue weighted by atomic mass is 10.3. The third-order valence-electron chi connectivity index (χ3n) is 1.17. The van der Waals surface area contributed by atoms with E-state index in [-0.39, 0.29) is 0 Å². The van der Waals surface area contributed by atoms with Crippen LogP contribution in [0.25, 0.3) is 0 Å². The summed E-state index contributed by atoms with van der Waals surface area (Å²) < 4.78 is 3.90. The maximum Gasteiger partial charge on any atom is 0.344 e. The molecule has 0 spiro atoms. The summed E-state index contributed by atoms with van der Waals surface area (Å²) in [5, 5.41) is 33.1. The molecule has 0 fully saturated rings. The van der Waals surface area contributed by atoms with Crippen LogP contribution < -0.4 is 0 Å². The molecule has 0 aromatic heterocycles. The van der Waals surface area contributed by atoms with Crippen molar-refractivity contribution in [3.63, 3.8) is 0 Å². The standard InChI is InChI=1S/C6H6O9/c7-3(8)1(4(9)10)15-2(5(11)12)6(13)14/h1-2H,(H,7,8)(H,9,10)(H,11,12)(H,13,14). The first-order valence-electron chi connectivity index (χ1n) is 3.34. The van der Waals surface area contributed by atoms with Crippen LogP contribution in [0.4, 0.5) is 0 Å². The van der Waals surface area contributed by atoms with E-state index in [1.165, 1.54) is 0 Å². The van der Waals surface area contributed by atoms with Gasteiger partial charge in [0.15, 0.2) is 0 Å². The van der Waals surface area contributed by atoms with Crippen molar-refractivity contribution in [2.75, 3.05) is 0 Å². The van der Waals surface area contributed by atoms with Gasteiger partial charge in [-0.25, -0.2) is 19.2 Å². The summed E-state index contributed by atoms with van der Waals surface area (Å²) in [5.41, 5.74) is 0. The summed E-state index contributed by atoms with van der Waals surface area (Å²) in [6, 6.07) is 0. The summed E-state index contributed by atoms with van der Waals surface area (Å²) in [6.07, 6.45) is -5.08. The molecular weight excluding hydrogens is 216 g/mol. The van der Waals surface area contributed by atoms with Crippen LogP contribution in [0.5, 0.6) is 0 Å². The first-order chi connectivity index (χ1) is 6.77. The van der Waals surface area contributed by atoms with Crippen LogP contribution in [-0.2, 0) is 23.9 Å². The van der Waals surface area contributed by atoms with Crippen molar-refractivity contribution in [2.24, 2.45) is 0 Å². The molecule has 0 aliphatic rings. The summed E-state index contributed by atoms with van der Waals surface area (Å²) in [4.78, 5) is 40.9. The summed E-state index contributed by atoms with van der Waals surface area (Å²) in [7, 11) is 0. The molecule has 0 aromatic rings. The van der Waals surface area contributed by atoms with E-state index in [1.54, 1.807) is 0 Å². The Hall–Kier alpha value is -2.16. The van der Waals surface area contributed by atoms with E-state index in [2.05, 4.69) is 4.74 Å². The smallest absolute Gasteiger partial charge is 0.344 e. The largest absolute Gasteiger partial charge is 0.479 e. The molecule has 0 rings (SSSR count). The van der Waals surface area contributed by atoms with Crippen molar-refractivity contribution >= 4 is 23.9 Å². The second kappa shape index (κ2) is 4.91. The van der Waals surface area contributed by atoms with Crippen molar-refractivity contribution in [2.45, 2.75) is 12.2 Å². The molecule has 0 bridgehead atoms. The highest BCUT2D eigenvalue weighted by atomic mass is 16.6. The zero-order valence-corrected chi connectivity index (χ0v) is 6.98. The predicted molar refractivity (Wildman–Crippen MR) is 39.2 cm³/mol. The SMILES string of the molecule is O=C(O)C(OC(C(=O)O)C(=O)O)C(=O)O. The highest BCUT2D eigenvalue weighted by Gasteiger charge is 2.37. The Bertz CT molecular complexity index is 248. The monoisotopic (exact) mass is 222 g/mol. The molecule has 0 aliphatic carbocycles. The minimum atomic E-state index is -2.54. The van der Waals surface area contributed by atoms with Gasteiger partial charge in [0, 0.05) is 0 Å². The van der Waals surface area contributed by atoms with Crippen LogP contribution in [0, 0.1) is 0 Å². The molecule has 0 unspecified atom stereocenters. The van der Waals surface area contributed by atoms with Gasteiger partial charge >= 0.3 is 23.9 Å². The van der Waals surface area contributed by atoms with E-state index in [1.807, 2.05) is 0 Å². The van der Waals surface area contributed by atoms with Crippen LogP contribution in [0.2, 0.25) is 0 Å². The van der Waals surface area contributed by atoms with Gasteiger partial charge in [0.1, 0.15) is 0 Å². The third kappa shape index (κ3) is 3.60. The van der Waals surface area contributed by atoms with Crippen molar-refractivity contribution in [3.8, 4) is 0 Å². The number of hydrogen-bond acceptors (Lipinski definition) is 5. The van der Waals surface area contributed by atoms with E-state index in [0.29, 0.717) is 0 Å². The second-order valence-corrected chi connectivity index (χ2v) is 2.25. The van der Waals surface area contributed by atoms with E-state index in [4.69, 9.17) is 20.4 Å². The highest BCUT2D eigenvalue weighted by molar-refractivity contribution is 5.99. The molecule has 15 heavy (non-hydrogen) atoms. The first-order valence-corrected chi connectivity index (χ1v) is 3.34. The molecule has 9 nitrogen and oxygen atoms in total. The average Bonchev–Trinajstić information content (AvgIpc) is 2.01. The average molecular weight is 222 g/mol. The number of carbonyl (C=O) groups is 4. The fourth-order valence-corrected chi connectivity index (χ4v) is 0.580. The van der Waals surface area contributed by atoms with Crippen molar-refractivity contribution in [1.82, 2.24) is 0 Å². The van der Waals surface area contributed by atoms with Crippen LogP contribution in [0.3, 0.4) is 0 Å². The molecule has 0 aliphatic heterocycles. The molecule has 0 saturated heterocycles. The van der Waals surface area contributed by atoms with Crippen LogP contribution in [0.15, 0.2) is 0 Å². The minimum Gasteiger partial charge on any atom is -0.479 e. The minimum absolute atomic E-state index is 1.99.